The van der Waals surface area contributed by atoms with E-state index in [-0.39, 0.29) is 5.75 Å². The molecule has 0 unspecified atom stereocenters. The van der Waals surface area contributed by atoms with Gasteiger partial charge in [0.15, 0.2) is 11.5 Å². The predicted molar refractivity (Wildman–Crippen MR) is 60.8 cm³/mol. The summed E-state index contributed by atoms with van der Waals surface area (Å²) < 4.78 is 18.9. The molecular weight excluding hydrogens is 263 g/mol. The number of benzene rings is 1. The van der Waals surface area contributed by atoms with E-state index in [2.05, 4.69) is 22.9 Å². The fourth-order valence-electron chi connectivity index (χ4n) is 1.17. The van der Waals surface area contributed by atoms with Crippen LogP contribution in [0.2, 0.25) is 0 Å². The Hall–Kier alpha value is -0.770. The van der Waals surface area contributed by atoms with Crippen molar-refractivity contribution in [1.29, 1.82) is 0 Å². The molecule has 0 aliphatic heterocycles. The number of hydrogen-bond donors (Lipinski definition) is 1. The molecule has 0 atom stereocenters. The molecule has 1 aromatic rings. The van der Waals surface area contributed by atoms with E-state index < -0.39 is 11.6 Å². The van der Waals surface area contributed by atoms with Gasteiger partial charge >= 0.3 is 0 Å². The molecule has 1 N–H and O–H groups in total. The van der Waals surface area contributed by atoms with Crippen LogP contribution >= 0.6 is 15.9 Å². The Balaban J connectivity index is 2.58. The van der Waals surface area contributed by atoms with Gasteiger partial charge in [-0.1, -0.05) is 19.8 Å². The lowest BCUT2D eigenvalue weighted by Gasteiger charge is -2.08. The topological polar surface area (TPSA) is 29.5 Å². The Labute approximate surface area is 97.2 Å². The minimum absolute atomic E-state index is 0.104. The lowest BCUT2D eigenvalue weighted by atomic mass is 10.2. The van der Waals surface area contributed by atoms with E-state index in [1.807, 2.05) is 0 Å². The van der Waals surface area contributed by atoms with Crippen molar-refractivity contribution < 1.29 is 14.2 Å². The molecule has 0 radical (unpaired) electrons. The van der Waals surface area contributed by atoms with Crippen molar-refractivity contribution in [3.63, 3.8) is 0 Å². The van der Waals surface area contributed by atoms with Crippen molar-refractivity contribution in [1.82, 2.24) is 0 Å². The largest absolute Gasteiger partial charge is 0.504 e. The third kappa shape index (κ3) is 3.38. The van der Waals surface area contributed by atoms with Gasteiger partial charge in [-0.3, -0.25) is 0 Å². The van der Waals surface area contributed by atoms with Gasteiger partial charge in [-0.05, 0) is 34.5 Å². The van der Waals surface area contributed by atoms with Gasteiger partial charge in [0.1, 0.15) is 0 Å². The molecule has 0 aliphatic rings. The summed E-state index contributed by atoms with van der Waals surface area (Å²) in [5.41, 5.74) is 0. The summed E-state index contributed by atoms with van der Waals surface area (Å²) in [5, 5.41) is 9.29. The number of aromatic hydroxyl groups is 1. The summed E-state index contributed by atoms with van der Waals surface area (Å²) in [4.78, 5) is 0. The average Bonchev–Trinajstić information content (AvgIpc) is 2.24. The number of rotatable bonds is 5. The fourth-order valence-corrected chi connectivity index (χ4v) is 1.47. The van der Waals surface area contributed by atoms with Crippen LogP contribution in [0.15, 0.2) is 16.6 Å². The average molecular weight is 277 g/mol. The third-order valence-electron chi connectivity index (χ3n) is 2.04. The van der Waals surface area contributed by atoms with Gasteiger partial charge in [0.05, 0.1) is 11.1 Å². The lowest BCUT2D eigenvalue weighted by molar-refractivity contribution is 0.285. The molecule has 15 heavy (non-hydrogen) atoms. The summed E-state index contributed by atoms with van der Waals surface area (Å²) in [7, 11) is 0. The first-order valence-electron chi connectivity index (χ1n) is 4.96. The molecule has 1 rings (SSSR count). The van der Waals surface area contributed by atoms with Crippen LogP contribution in [-0.2, 0) is 0 Å². The monoisotopic (exact) mass is 276 g/mol. The van der Waals surface area contributed by atoms with Gasteiger partial charge in [0.2, 0.25) is 5.82 Å². The molecule has 2 nitrogen and oxygen atoms in total. The highest BCUT2D eigenvalue weighted by Crippen LogP contribution is 2.32. The summed E-state index contributed by atoms with van der Waals surface area (Å²) in [6.45, 7) is 2.57. The Morgan fingerprint density at radius 3 is 2.80 bits per heavy atom. The predicted octanol–water partition coefficient (Wildman–Crippen LogP) is 3.86. The first-order chi connectivity index (χ1) is 7.16. The molecule has 1 aromatic carbocycles. The van der Waals surface area contributed by atoms with Gasteiger partial charge in [-0.15, -0.1) is 0 Å². The van der Waals surface area contributed by atoms with Crippen molar-refractivity contribution in [3.8, 4) is 11.5 Å². The molecule has 0 heterocycles. The zero-order valence-electron chi connectivity index (χ0n) is 8.59. The van der Waals surface area contributed by atoms with Gasteiger partial charge in [-0.25, -0.2) is 0 Å². The molecule has 0 aliphatic carbocycles. The van der Waals surface area contributed by atoms with Crippen LogP contribution in [0.3, 0.4) is 0 Å². The van der Waals surface area contributed by atoms with E-state index >= 15 is 0 Å². The number of halogens is 2. The molecule has 0 saturated heterocycles. The van der Waals surface area contributed by atoms with Crippen LogP contribution in [0.25, 0.3) is 0 Å². The summed E-state index contributed by atoms with van der Waals surface area (Å²) in [6.07, 6.45) is 3.05. The second-order valence-electron chi connectivity index (χ2n) is 3.26. The van der Waals surface area contributed by atoms with Crippen LogP contribution in [0.5, 0.6) is 11.5 Å². The quantitative estimate of drug-likeness (QED) is 0.828. The van der Waals surface area contributed by atoms with E-state index in [0.717, 1.165) is 19.3 Å². The Bertz CT molecular complexity index is 329. The molecule has 0 spiro atoms. The highest BCUT2D eigenvalue weighted by molar-refractivity contribution is 9.10. The maximum absolute atomic E-state index is 13.4. The van der Waals surface area contributed by atoms with E-state index in [1.165, 1.54) is 6.07 Å². The molecule has 4 heteroatoms. The van der Waals surface area contributed by atoms with Crippen LogP contribution in [0.1, 0.15) is 26.2 Å². The van der Waals surface area contributed by atoms with Gasteiger partial charge < -0.3 is 9.84 Å². The minimum Gasteiger partial charge on any atom is -0.504 e. The molecule has 0 bridgehead atoms. The minimum atomic E-state index is -0.708. The molecule has 0 fully saturated rings. The normalized spacial score (nSPS) is 10.3. The fraction of sp³-hybridized carbons (Fsp3) is 0.455. The van der Waals surface area contributed by atoms with E-state index in [0.29, 0.717) is 11.1 Å². The van der Waals surface area contributed by atoms with Crippen LogP contribution < -0.4 is 4.74 Å². The third-order valence-corrected chi connectivity index (χ3v) is 2.68. The number of unbranched alkanes of at least 4 members (excludes halogenated alkanes) is 2. The first kappa shape index (κ1) is 12.3. The van der Waals surface area contributed by atoms with Gasteiger partial charge in [0.25, 0.3) is 0 Å². The second kappa shape index (κ2) is 5.95. The number of ether oxygens (including phenoxy) is 1. The van der Waals surface area contributed by atoms with Crippen molar-refractivity contribution in [2.75, 3.05) is 6.61 Å². The molecule has 84 valence electrons. The first-order valence-corrected chi connectivity index (χ1v) is 5.76. The SMILES string of the molecule is CCCCCOc1ccc(Br)c(O)c1F. The Morgan fingerprint density at radius 1 is 1.40 bits per heavy atom. The zero-order valence-corrected chi connectivity index (χ0v) is 10.2. The molecule has 0 amide bonds. The van der Waals surface area contributed by atoms with Crippen molar-refractivity contribution in [2.24, 2.45) is 0 Å². The lowest BCUT2D eigenvalue weighted by Crippen LogP contribution is -1.99. The van der Waals surface area contributed by atoms with Crippen molar-refractivity contribution >= 4 is 15.9 Å². The van der Waals surface area contributed by atoms with Crippen molar-refractivity contribution in [2.45, 2.75) is 26.2 Å². The Kier molecular flexibility index (Phi) is 4.88. The number of phenols is 1. The number of hydrogen-bond acceptors (Lipinski definition) is 2. The van der Waals surface area contributed by atoms with Crippen LogP contribution in [0.4, 0.5) is 4.39 Å². The highest BCUT2D eigenvalue weighted by Gasteiger charge is 2.11. The molecule has 0 saturated carbocycles. The molecule has 0 aromatic heterocycles. The molecular formula is C11H14BrFO2. The Morgan fingerprint density at radius 2 is 2.13 bits per heavy atom. The van der Waals surface area contributed by atoms with Crippen molar-refractivity contribution in [3.05, 3.63) is 22.4 Å². The van der Waals surface area contributed by atoms with E-state index in [1.54, 1.807) is 6.07 Å². The van der Waals surface area contributed by atoms with Gasteiger partial charge in [0, 0.05) is 0 Å². The van der Waals surface area contributed by atoms with E-state index in [4.69, 9.17) is 4.74 Å². The summed E-state index contributed by atoms with van der Waals surface area (Å²) in [5.74, 6) is -1.00. The maximum Gasteiger partial charge on any atom is 0.207 e. The smallest absolute Gasteiger partial charge is 0.207 e. The maximum atomic E-state index is 13.4. The van der Waals surface area contributed by atoms with Gasteiger partial charge in [-0.2, -0.15) is 4.39 Å². The standard InChI is InChI=1S/C11H14BrFO2/c1-2-3-4-7-15-9-6-5-8(12)11(14)10(9)13/h5-6,14H,2-4,7H2,1H3. The zero-order chi connectivity index (χ0) is 11.3. The second-order valence-corrected chi connectivity index (χ2v) is 4.12. The van der Waals surface area contributed by atoms with Crippen LogP contribution in [0, 0.1) is 5.82 Å². The summed E-state index contributed by atoms with van der Waals surface area (Å²) in [6, 6.07) is 3.07. The van der Waals surface area contributed by atoms with Crippen LogP contribution in [-0.4, -0.2) is 11.7 Å². The highest BCUT2D eigenvalue weighted by atomic mass is 79.9. The summed E-state index contributed by atoms with van der Waals surface area (Å²) >= 11 is 3.03. The number of phenolic OH excluding ortho intramolecular Hbond substituents is 1. The van der Waals surface area contributed by atoms with E-state index in [9.17, 15) is 9.50 Å².